The van der Waals surface area contributed by atoms with Gasteiger partial charge in [-0.25, -0.2) is 4.98 Å². The number of rotatable bonds is 4. The molecule has 4 nitrogen and oxygen atoms in total. The van der Waals surface area contributed by atoms with Crippen LogP contribution in [0.3, 0.4) is 0 Å². The lowest BCUT2D eigenvalue weighted by molar-refractivity contribution is 0.185. The summed E-state index contributed by atoms with van der Waals surface area (Å²) >= 11 is 12.2. The van der Waals surface area contributed by atoms with Gasteiger partial charge in [0.15, 0.2) is 0 Å². The highest BCUT2D eigenvalue weighted by molar-refractivity contribution is 6.37. The molecular weight excluding hydrogens is 273 g/mol. The van der Waals surface area contributed by atoms with Gasteiger partial charge in [-0.2, -0.15) is 0 Å². The van der Waals surface area contributed by atoms with Crippen LogP contribution >= 0.6 is 23.2 Å². The van der Waals surface area contributed by atoms with E-state index in [4.69, 9.17) is 27.9 Å². The molecule has 2 rings (SSSR count). The van der Waals surface area contributed by atoms with Crippen molar-refractivity contribution in [2.45, 2.75) is 25.8 Å². The van der Waals surface area contributed by atoms with Crippen LogP contribution < -0.4 is 10.6 Å². The van der Waals surface area contributed by atoms with E-state index in [1.807, 2.05) is 6.92 Å². The maximum Gasteiger partial charge on any atom is 0.147 e. The third-order valence-electron chi connectivity index (χ3n) is 2.91. The summed E-state index contributed by atoms with van der Waals surface area (Å²) < 4.78 is 5.40. The summed E-state index contributed by atoms with van der Waals surface area (Å²) in [6.45, 7) is 6.26. The third-order valence-corrected chi connectivity index (χ3v) is 3.49. The second-order valence-electron chi connectivity index (χ2n) is 4.67. The molecule has 2 heterocycles. The summed E-state index contributed by atoms with van der Waals surface area (Å²) in [5, 5.41) is 7.50. The summed E-state index contributed by atoms with van der Waals surface area (Å²) in [5.41, 5.74) is -0.117. The molecule has 2 N–H and O–H groups in total. The molecule has 0 aromatic carbocycles. The van der Waals surface area contributed by atoms with E-state index in [1.165, 1.54) is 0 Å². The van der Waals surface area contributed by atoms with E-state index in [2.05, 4.69) is 22.5 Å². The van der Waals surface area contributed by atoms with Crippen molar-refractivity contribution in [1.29, 1.82) is 0 Å². The molecule has 6 heteroatoms. The van der Waals surface area contributed by atoms with Crippen LogP contribution in [-0.2, 0) is 4.74 Å². The lowest BCUT2D eigenvalue weighted by Gasteiger charge is -2.25. The number of aromatic nitrogens is 1. The Kier molecular flexibility index (Phi) is 4.20. The highest BCUT2D eigenvalue weighted by Gasteiger charge is 2.30. The van der Waals surface area contributed by atoms with Crippen molar-refractivity contribution < 1.29 is 4.74 Å². The molecule has 0 saturated carbocycles. The molecule has 0 radical (unpaired) electrons. The highest BCUT2D eigenvalue weighted by Crippen LogP contribution is 2.32. The number of ether oxygens (including phenoxy) is 1. The minimum absolute atomic E-state index is 0.117. The predicted octanol–water partition coefficient (Wildman–Crippen LogP) is 3.41. The van der Waals surface area contributed by atoms with Gasteiger partial charge in [-0.3, -0.25) is 0 Å². The normalized spacial score (nSPS) is 23.1. The number of nitrogens with zero attached hydrogens (tertiary/aromatic N) is 1. The van der Waals surface area contributed by atoms with E-state index in [1.54, 1.807) is 6.07 Å². The molecule has 1 aliphatic heterocycles. The smallest absolute Gasteiger partial charge is 0.147 e. The number of nitrogens with one attached hydrogen (secondary N) is 2. The monoisotopic (exact) mass is 289 g/mol. The molecule has 0 bridgehead atoms. The number of anilines is 2. The lowest BCUT2D eigenvalue weighted by atomic mass is 10.0. The first-order valence-electron chi connectivity index (χ1n) is 6.00. The quantitative estimate of drug-likeness (QED) is 0.892. The summed E-state index contributed by atoms with van der Waals surface area (Å²) in [6.07, 6.45) is 0.935. The Labute approximate surface area is 117 Å². The lowest BCUT2D eigenvalue weighted by Crippen LogP contribution is -2.35. The average Bonchev–Trinajstić information content (AvgIpc) is 2.72. The molecule has 0 aliphatic carbocycles. The summed E-state index contributed by atoms with van der Waals surface area (Å²) in [7, 11) is 0. The van der Waals surface area contributed by atoms with E-state index in [-0.39, 0.29) is 5.54 Å². The zero-order valence-electron chi connectivity index (χ0n) is 10.5. The Balaban J connectivity index is 2.23. The summed E-state index contributed by atoms with van der Waals surface area (Å²) in [4.78, 5) is 4.43. The number of hydrogen-bond acceptors (Lipinski definition) is 4. The first-order chi connectivity index (χ1) is 8.54. The second-order valence-corrected chi connectivity index (χ2v) is 5.48. The molecule has 0 amide bonds. The molecule has 1 saturated heterocycles. The van der Waals surface area contributed by atoms with Crippen molar-refractivity contribution in [1.82, 2.24) is 4.98 Å². The Morgan fingerprint density at radius 1 is 1.39 bits per heavy atom. The van der Waals surface area contributed by atoms with Crippen LogP contribution in [0, 0.1) is 0 Å². The van der Waals surface area contributed by atoms with Crippen molar-refractivity contribution in [3.8, 4) is 0 Å². The maximum absolute atomic E-state index is 6.16. The zero-order chi connectivity index (χ0) is 13.2. The van der Waals surface area contributed by atoms with Gasteiger partial charge in [0.05, 0.1) is 22.2 Å². The van der Waals surface area contributed by atoms with E-state index in [0.717, 1.165) is 19.6 Å². The zero-order valence-corrected chi connectivity index (χ0v) is 12.0. The third kappa shape index (κ3) is 2.99. The maximum atomic E-state index is 6.16. The van der Waals surface area contributed by atoms with Gasteiger partial charge < -0.3 is 15.4 Å². The van der Waals surface area contributed by atoms with Gasteiger partial charge in [-0.05, 0) is 26.3 Å². The molecule has 1 atom stereocenters. The Morgan fingerprint density at radius 2 is 2.11 bits per heavy atom. The topological polar surface area (TPSA) is 46.2 Å². The average molecular weight is 290 g/mol. The van der Waals surface area contributed by atoms with E-state index < -0.39 is 0 Å². The number of pyridine rings is 1. The van der Waals surface area contributed by atoms with Crippen molar-refractivity contribution >= 4 is 34.8 Å². The first-order valence-corrected chi connectivity index (χ1v) is 6.75. The van der Waals surface area contributed by atoms with Gasteiger partial charge in [0.2, 0.25) is 0 Å². The van der Waals surface area contributed by atoms with Crippen LogP contribution in [0.5, 0.6) is 0 Å². The largest absolute Gasteiger partial charge is 0.379 e. The van der Waals surface area contributed by atoms with E-state index >= 15 is 0 Å². The van der Waals surface area contributed by atoms with E-state index in [9.17, 15) is 0 Å². The van der Waals surface area contributed by atoms with E-state index in [0.29, 0.717) is 28.3 Å². The standard InChI is InChI=1S/C12H17Cl2N3O/c1-3-15-10-8(13)6-9(14)11(16-10)17-12(2)4-5-18-7-12/h6H,3-5,7H2,1-2H3,(H2,15,16,17). The van der Waals surface area contributed by atoms with Crippen molar-refractivity contribution in [2.24, 2.45) is 0 Å². The van der Waals surface area contributed by atoms with Crippen molar-refractivity contribution in [3.63, 3.8) is 0 Å². The van der Waals surface area contributed by atoms with Gasteiger partial charge >= 0.3 is 0 Å². The van der Waals surface area contributed by atoms with Crippen LogP contribution in [0.4, 0.5) is 11.6 Å². The summed E-state index contributed by atoms with van der Waals surface area (Å²) in [5.74, 6) is 1.29. The molecule has 100 valence electrons. The Bertz CT molecular complexity index is 434. The number of hydrogen-bond donors (Lipinski definition) is 2. The predicted molar refractivity (Wildman–Crippen MR) is 75.9 cm³/mol. The van der Waals surface area contributed by atoms with Gasteiger partial charge in [0.1, 0.15) is 11.6 Å². The number of halogens is 2. The van der Waals surface area contributed by atoms with Crippen LogP contribution in [0.2, 0.25) is 10.0 Å². The molecule has 1 unspecified atom stereocenters. The molecular formula is C12H17Cl2N3O. The minimum atomic E-state index is -0.117. The minimum Gasteiger partial charge on any atom is -0.379 e. The molecule has 0 spiro atoms. The van der Waals surface area contributed by atoms with Crippen LogP contribution in [-0.4, -0.2) is 30.3 Å². The SMILES string of the molecule is CCNc1nc(NC2(C)CCOC2)c(Cl)cc1Cl. The molecule has 1 fully saturated rings. The first kappa shape index (κ1) is 13.7. The highest BCUT2D eigenvalue weighted by atomic mass is 35.5. The Hall–Kier alpha value is -0.710. The molecule has 1 aliphatic rings. The summed E-state index contributed by atoms with van der Waals surface area (Å²) in [6, 6.07) is 1.70. The van der Waals surface area contributed by atoms with Crippen molar-refractivity contribution in [2.75, 3.05) is 30.4 Å². The van der Waals surface area contributed by atoms with Gasteiger partial charge in [0.25, 0.3) is 0 Å². The molecule has 18 heavy (non-hydrogen) atoms. The van der Waals surface area contributed by atoms with Gasteiger partial charge in [0, 0.05) is 13.2 Å². The fourth-order valence-corrected chi connectivity index (χ4v) is 2.37. The molecule has 1 aromatic rings. The van der Waals surface area contributed by atoms with Crippen LogP contribution in [0.15, 0.2) is 6.07 Å². The Morgan fingerprint density at radius 3 is 2.72 bits per heavy atom. The van der Waals surface area contributed by atoms with Gasteiger partial charge in [-0.1, -0.05) is 23.2 Å². The van der Waals surface area contributed by atoms with Crippen LogP contribution in [0.25, 0.3) is 0 Å². The molecule has 1 aromatic heterocycles. The fraction of sp³-hybridized carbons (Fsp3) is 0.583. The fourth-order valence-electron chi connectivity index (χ4n) is 1.90. The van der Waals surface area contributed by atoms with Gasteiger partial charge in [-0.15, -0.1) is 0 Å². The second kappa shape index (κ2) is 5.51. The van der Waals surface area contributed by atoms with Crippen molar-refractivity contribution in [3.05, 3.63) is 16.1 Å². The van der Waals surface area contributed by atoms with Crippen LogP contribution in [0.1, 0.15) is 20.3 Å².